The fourth-order valence-corrected chi connectivity index (χ4v) is 4.35. The van der Waals surface area contributed by atoms with E-state index in [4.69, 9.17) is 0 Å². The number of rotatable bonds is 4. The summed E-state index contributed by atoms with van der Waals surface area (Å²) in [6.07, 6.45) is 0. The number of hydrogen-bond acceptors (Lipinski definition) is 2. The van der Waals surface area contributed by atoms with Crippen LogP contribution in [0.5, 0.6) is 0 Å². The van der Waals surface area contributed by atoms with Crippen molar-refractivity contribution in [3.63, 3.8) is 0 Å². The van der Waals surface area contributed by atoms with Crippen LogP contribution in [0.1, 0.15) is 0 Å². The van der Waals surface area contributed by atoms with Gasteiger partial charge < -0.3 is 0 Å². The van der Waals surface area contributed by atoms with Crippen LogP contribution in [-0.4, -0.2) is 0 Å². The Morgan fingerprint density at radius 1 is 0.375 bits per heavy atom. The summed E-state index contributed by atoms with van der Waals surface area (Å²) in [5.74, 6) is 0. The molecular weight excluding hydrogens is 328 g/mol. The molecule has 4 rings (SSSR count). The molecule has 0 amide bonds. The van der Waals surface area contributed by atoms with E-state index in [1.165, 1.54) is 30.4 Å². The van der Waals surface area contributed by atoms with Gasteiger partial charge >= 0.3 is 0 Å². The Kier molecular flexibility index (Phi) is 4.59. The summed E-state index contributed by atoms with van der Waals surface area (Å²) >= 11 is 3.61. The van der Waals surface area contributed by atoms with Gasteiger partial charge in [-0.15, -0.1) is 0 Å². The average molecular weight is 345 g/mol. The summed E-state index contributed by atoms with van der Waals surface area (Å²) in [6.45, 7) is 0. The Morgan fingerprint density at radius 2 is 0.833 bits per heavy atom. The van der Waals surface area contributed by atoms with Gasteiger partial charge in [0.25, 0.3) is 0 Å². The van der Waals surface area contributed by atoms with E-state index in [9.17, 15) is 0 Å². The lowest BCUT2D eigenvalue weighted by molar-refractivity contribution is 1.40. The lowest BCUT2D eigenvalue weighted by atomic mass is 10.1. The van der Waals surface area contributed by atoms with Crippen LogP contribution in [-0.2, 0) is 0 Å². The minimum absolute atomic E-state index is 1.27. The molecule has 4 aromatic carbocycles. The predicted octanol–water partition coefficient (Wildman–Crippen LogP) is 7.14. The SMILES string of the molecule is c1ccc(Sc2ccc3ccc(Sc4ccccc4)cc3c2)cc1. The largest absolute Gasteiger partial charge is 0.0901 e. The second-order valence-electron chi connectivity index (χ2n) is 5.50. The lowest BCUT2D eigenvalue weighted by Gasteiger charge is -2.06. The zero-order chi connectivity index (χ0) is 16.2. The molecule has 24 heavy (non-hydrogen) atoms. The van der Waals surface area contributed by atoms with Crippen molar-refractivity contribution < 1.29 is 0 Å². The van der Waals surface area contributed by atoms with Gasteiger partial charge in [0.05, 0.1) is 0 Å². The Hall–Kier alpha value is -2.16. The maximum atomic E-state index is 2.28. The Labute approximate surface area is 150 Å². The molecule has 0 bridgehead atoms. The van der Waals surface area contributed by atoms with Crippen LogP contribution in [0.25, 0.3) is 10.8 Å². The second-order valence-corrected chi connectivity index (χ2v) is 7.79. The first kappa shape index (κ1) is 15.4. The maximum absolute atomic E-state index is 2.28. The first-order valence-corrected chi connectivity index (χ1v) is 9.50. The Morgan fingerprint density at radius 3 is 1.29 bits per heavy atom. The molecule has 0 radical (unpaired) electrons. The standard InChI is InChI=1S/C22H16S2/c1-3-7-19(8-4-1)23-21-13-11-17-12-14-22(16-18(17)15-21)24-20-9-5-2-6-10-20/h1-16H. The molecule has 0 spiro atoms. The molecule has 116 valence electrons. The van der Waals surface area contributed by atoms with Gasteiger partial charge in [0, 0.05) is 19.6 Å². The van der Waals surface area contributed by atoms with Gasteiger partial charge in [-0.25, -0.2) is 0 Å². The van der Waals surface area contributed by atoms with E-state index in [0.717, 1.165) is 0 Å². The van der Waals surface area contributed by atoms with Crippen molar-refractivity contribution in [2.45, 2.75) is 19.6 Å². The Balaban J connectivity index is 1.63. The van der Waals surface area contributed by atoms with Crippen molar-refractivity contribution in [3.05, 3.63) is 97.1 Å². The molecule has 0 unspecified atom stereocenters. The fraction of sp³-hybridized carbons (Fsp3) is 0. The van der Waals surface area contributed by atoms with Gasteiger partial charge in [-0.3, -0.25) is 0 Å². The van der Waals surface area contributed by atoms with E-state index in [1.54, 1.807) is 23.5 Å². The highest BCUT2D eigenvalue weighted by Gasteiger charge is 2.02. The van der Waals surface area contributed by atoms with Crippen molar-refractivity contribution in [2.75, 3.05) is 0 Å². The van der Waals surface area contributed by atoms with Crippen LogP contribution < -0.4 is 0 Å². The second kappa shape index (κ2) is 7.16. The van der Waals surface area contributed by atoms with E-state index in [-0.39, 0.29) is 0 Å². The van der Waals surface area contributed by atoms with Crippen molar-refractivity contribution in [1.82, 2.24) is 0 Å². The molecule has 0 nitrogen and oxygen atoms in total. The minimum Gasteiger partial charge on any atom is -0.0901 e. The fourth-order valence-electron chi connectivity index (χ4n) is 2.58. The van der Waals surface area contributed by atoms with Gasteiger partial charge in [0.15, 0.2) is 0 Å². The van der Waals surface area contributed by atoms with E-state index < -0.39 is 0 Å². The molecule has 0 aliphatic carbocycles. The third kappa shape index (κ3) is 3.66. The first-order chi connectivity index (χ1) is 11.9. The summed E-state index contributed by atoms with van der Waals surface area (Å²) in [5, 5.41) is 2.57. The van der Waals surface area contributed by atoms with Gasteiger partial charge in [-0.05, 0) is 59.3 Å². The average Bonchev–Trinajstić information content (AvgIpc) is 2.63. The summed E-state index contributed by atoms with van der Waals surface area (Å²) in [6, 6.07) is 34.4. The van der Waals surface area contributed by atoms with Crippen molar-refractivity contribution >= 4 is 34.3 Å². The summed E-state index contributed by atoms with van der Waals surface area (Å²) in [5.41, 5.74) is 0. The predicted molar refractivity (Wildman–Crippen MR) is 105 cm³/mol. The first-order valence-electron chi connectivity index (χ1n) is 7.86. The van der Waals surface area contributed by atoms with Crippen LogP contribution in [0.2, 0.25) is 0 Å². The molecule has 2 heteroatoms. The summed E-state index contributed by atoms with van der Waals surface area (Å²) in [7, 11) is 0. The van der Waals surface area contributed by atoms with Gasteiger partial charge in [0.1, 0.15) is 0 Å². The van der Waals surface area contributed by atoms with Gasteiger partial charge in [-0.1, -0.05) is 72.1 Å². The summed E-state index contributed by atoms with van der Waals surface area (Å²) < 4.78 is 0. The van der Waals surface area contributed by atoms with Gasteiger partial charge in [-0.2, -0.15) is 0 Å². The monoisotopic (exact) mass is 344 g/mol. The van der Waals surface area contributed by atoms with E-state index in [0.29, 0.717) is 0 Å². The van der Waals surface area contributed by atoms with Crippen molar-refractivity contribution in [1.29, 1.82) is 0 Å². The highest BCUT2D eigenvalue weighted by molar-refractivity contribution is 7.99. The maximum Gasteiger partial charge on any atom is 0.0128 e. The van der Waals surface area contributed by atoms with Crippen LogP contribution in [0.15, 0.2) is 117 Å². The van der Waals surface area contributed by atoms with Crippen LogP contribution in [0.3, 0.4) is 0 Å². The number of hydrogen-bond donors (Lipinski definition) is 0. The number of benzene rings is 4. The highest BCUT2D eigenvalue weighted by Crippen LogP contribution is 2.33. The molecular formula is C22H16S2. The molecule has 0 aromatic heterocycles. The Bertz CT molecular complexity index is 871. The van der Waals surface area contributed by atoms with Crippen LogP contribution >= 0.6 is 23.5 Å². The molecule has 0 aliphatic heterocycles. The van der Waals surface area contributed by atoms with E-state index in [2.05, 4.69) is 97.1 Å². The van der Waals surface area contributed by atoms with E-state index in [1.807, 2.05) is 0 Å². The molecule has 4 aromatic rings. The quantitative estimate of drug-likeness (QED) is 0.386. The molecule has 0 fully saturated rings. The molecule has 0 N–H and O–H groups in total. The van der Waals surface area contributed by atoms with Crippen molar-refractivity contribution in [3.8, 4) is 0 Å². The smallest absolute Gasteiger partial charge is 0.0128 e. The van der Waals surface area contributed by atoms with E-state index >= 15 is 0 Å². The molecule has 0 saturated heterocycles. The topological polar surface area (TPSA) is 0 Å². The normalized spacial score (nSPS) is 10.8. The summed E-state index contributed by atoms with van der Waals surface area (Å²) in [4.78, 5) is 5.09. The highest BCUT2D eigenvalue weighted by atomic mass is 32.2. The minimum atomic E-state index is 1.27. The van der Waals surface area contributed by atoms with Crippen molar-refractivity contribution in [2.24, 2.45) is 0 Å². The lowest BCUT2D eigenvalue weighted by Crippen LogP contribution is -1.78. The third-order valence-electron chi connectivity index (χ3n) is 3.74. The van der Waals surface area contributed by atoms with Crippen LogP contribution in [0.4, 0.5) is 0 Å². The zero-order valence-electron chi connectivity index (χ0n) is 13.1. The number of fused-ring (bicyclic) bond motifs is 1. The van der Waals surface area contributed by atoms with Crippen LogP contribution in [0, 0.1) is 0 Å². The van der Waals surface area contributed by atoms with Gasteiger partial charge in [0.2, 0.25) is 0 Å². The molecule has 0 atom stereocenters. The third-order valence-corrected chi connectivity index (χ3v) is 5.74. The molecule has 0 heterocycles. The molecule has 0 saturated carbocycles. The zero-order valence-corrected chi connectivity index (χ0v) is 14.7. The molecule has 0 aliphatic rings.